The number of amides is 3. The summed E-state index contributed by atoms with van der Waals surface area (Å²) in [6.07, 6.45) is -9.51. The van der Waals surface area contributed by atoms with Gasteiger partial charge in [0.1, 0.15) is 6.54 Å². The van der Waals surface area contributed by atoms with Crippen LogP contribution in [0.25, 0.3) is 0 Å². The van der Waals surface area contributed by atoms with Crippen LogP contribution in [0, 0.1) is 6.92 Å². The summed E-state index contributed by atoms with van der Waals surface area (Å²) in [7, 11) is 3.02. The van der Waals surface area contributed by atoms with E-state index in [0.717, 1.165) is 20.2 Å². The zero-order chi connectivity index (χ0) is 34.8. The Balaban J connectivity index is 1.87. The molecule has 0 radical (unpaired) electrons. The smallest absolute Gasteiger partial charge is 0.416 e. The Morgan fingerprint density at radius 3 is 2.06 bits per heavy atom. The van der Waals surface area contributed by atoms with Crippen LogP contribution in [-0.4, -0.2) is 68.8 Å². The number of methoxy groups -OCH3 is 2. The van der Waals surface area contributed by atoms with Crippen molar-refractivity contribution in [2.75, 3.05) is 52.4 Å². The Hall–Kier alpha value is -3.98. The SMILES string of the molecule is CCOCCCN(CC(=O)N(CCc1ccc(OC)c(OC)c1)Cc1ccc(C)s1)C(=O)Nc1cc(C(F)(F)F)cc(C(F)(F)F)c1. The summed E-state index contributed by atoms with van der Waals surface area (Å²) in [6.45, 7) is 4.22. The number of thiophene rings is 1. The zero-order valence-electron chi connectivity index (χ0n) is 26.4. The first-order valence-corrected chi connectivity index (χ1v) is 15.4. The van der Waals surface area contributed by atoms with E-state index in [2.05, 4.69) is 5.32 Å². The van der Waals surface area contributed by atoms with Gasteiger partial charge in [-0.05, 0) is 74.7 Å². The third kappa shape index (κ3) is 11.3. The summed E-state index contributed by atoms with van der Waals surface area (Å²) in [5.41, 5.74) is -3.01. The van der Waals surface area contributed by atoms with Crippen LogP contribution in [0.5, 0.6) is 11.5 Å². The maximum atomic E-state index is 13.8. The molecule has 8 nitrogen and oxygen atoms in total. The van der Waals surface area contributed by atoms with Gasteiger partial charge in [0.05, 0.1) is 31.9 Å². The molecule has 2 aromatic carbocycles. The van der Waals surface area contributed by atoms with Crippen molar-refractivity contribution < 1.29 is 50.1 Å². The predicted octanol–water partition coefficient (Wildman–Crippen LogP) is 7.64. The van der Waals surface area contributed by atoms with Crippen LogP contribution in [-0.2, 0) is 34.8 Å². The Labute approximate surface area is 273 Å². The topological polar surface area (TPSA) is 80.3 Å². The number of carbonyl (C=O) groups excluding carboxylic acids is 2. The highest BCUT2D eigenvalue weighted by atomic mass is 32.1. The van der Waals surface area contributed by atoms with Gasteiger partial charge < -0.3 is 29.3 Å². The number of benzene rings is 2. The fourth-order valence-corrected chi connectivity index (χ4v) is 5.50. The number of nitrogens with zero attached hydrogens (tertiary/aromatic N) is 2. The molecule has 15 heteroatoms. The van der Waals surface area contributed by atoms with E-state index in [0.29, 0.717) is 36.7 Å². The molecule has 1 N–H and O–H groups in total. The lowest BCUT2D eigenvalue weighted by molar-refractivity contribution is -0.143. The van der Waals surface area contributed by atoms with Gasteiger partial charge in [0.2, 0.25) is 5.91 Å². The number of hydrogen-bond acceptors (Lipinski definition) is 6. The van der Waals surface area contributed by atoms with Gasteiger partial charge in [0.15, 0.2) is 11.5 Å². The highest BCUT2D eigenvalue weighted by molar-refractivity contribution is 7.11. The number of carbonyl (C=O) groups is 2. The Morgan fingerprint density at radius 2 is 1.51 bits per heavy atom. The van der Waals surface area contributed by atoms with Crippen molar-refractivity contribution in [3.05, 3.63) is 75.0 Å². The molecule has 0 spiro atoms. The molecular weight excluding hydrogens is 652 g/mol. The summed E-state index contributed by atoms with van der Waals surface area (Å²) < 4.78 is 96.5. The number of hydrogen-bond donors (Lipinski definition) is 1. The van der Waals surface area contributed by atoms with Gasteiger partial charge in [-0.25, -0.2) is 4.79 Å². The molecule has 0 saturated heterocycles. The van der Waals surface area contributed by atoms with Crippen LogP contribution in [0.4, 0.5) is 36.8 Å². The second-order valence-electron chi connectivity index (χ2n) is 10.5. The predicted molar refractivity (Wildman–Crippen MR) is 166 cm³/mol. The minimum absolute atomic E-state index is 0.0262. The Bertz CT molecular complexity index is 1460. The second kappa shape index (κ2) is 16.7. The summed E-state index contributed by atoms with van der Waals surface area (Å²) in [5, 5.41) is 2.14. The molecule has 47 heavy (non-hydrogen) atoms. The van der Waals surface area contributed by atoms with Crippen LogP contribution >= 0.6 is 11.3 Å². The molecule has 3 rings (SSSR count). The minimum Gasteiger partial charge on any atom is -0.493 e. The van der Waals surface area contributed by atoms with E-state index in [4.69, 9.17) is 14.2 Å². The molecule has 0 fully saturated rings. The quantitative estimate of drug-likeness (QED) is 0.131. The molecule has 0 atom stereocenters. The largest absolute Gasteiger partial charge is 0.493 e. The Morgan fingerprint density at radius 1 is 0.851 bits per heavy atom. The van der Waals surface area contributed by atoms with Gasteiger partial charge in [0.25, 0.3) is 0 Å². The molecular formula is C32H37F6N3O5S. The standard InChI is InChI=1S/C32H37F6N3O5S/c1-5-46-14-6-12-41(30(43)39-25-17-23(31(33,34)35)16-24(18-25)32(36,37)38)20-29(42)40(19-26-9-7-21(2)47-26)13-11-22-8-10-27(44-3)28(15-22)45-4/h7-10,15-18H,5-6,11-14,19-20H2,1-4H3,(H,39,43). The number of aryl methyl sites for hydroxylation is 1. The number of ether oxygens (including phenoxy) is 3. The number of nitrogens with one attached hydrogen (secondary N) is 1. The lowest BCUT2D eigenvalue weighted by Crippen LogP contribution is -2.45. The van der Waals surface area contributed by atoms with Crippen LogP contribution in [0.15, 0.2) is 48.5 Å². The van der Waals surface area contributed by atoms with Gasteiger partial charge >= 0.3 is 18.4 Å². The lowest BCUT2D eigenvalue weighted by atomic mass is 10.1. The average Bonchev–Trinajstić information content (AvgIpc) is 3.43. The molecule has 0 aliphatic rings. The normalized spacial score (nSPS) is 11.7. The lowest BCUT2D eigenvalue weighted by Gasteiger charge is -2.28. The van der Waals surface area contributed by atoms with E-state index in [1.165, 1.54) is 25.6 Å². The van der Waals surface area contributed by atoms with E-state index in [-0.39, 0.29) is 38.7 Å². The van der Waals surface area contributed by atoms with Crippen molar-refractivity contribution in [3.63, 3.8) is 0 Å². The van der Waals surface area contributed by atoms with Gasteiger partial charge in [0, 0.05) is 41.7 Å². The minimum atomic E-state index is -5.09. The third-order valence-electron chi connectivity index (χ3n) is 6.99. The van der Waals surface area contributed by atoms with Crippen LogP contribution in [0.2, 0.25) is 0 Å². The molecule has 258 valence electrons. The van der Waals surface area contributed by atoms with Gasteiger partial charge in [-0.1, -0.05) is 6.07 Å². The first kappa shape index (κ1) is 37.5. The number of halogens is 6. The van der Waals surface area contributed by atoms with E-state index in [1.807, 2.05) is 25.1 Å². The fraction of sp³-hybridized carbons (Fsp3) is 0.438. The van der Waals surface area contributed by atoms with E-state index < -0.39 is 47.6 Å². The third-order valence-corrected chi connectivity index (χ3v) is 7.97. The first-order valence-electron chi connectivity index (χ1n) is 14.6. The molecule has 0 unspecified atom stereocenters. The molecule has 3 amide bonds. The van der Waals surface area contributed by atoms with Crippen molar-refractivity contribution in [1.82, 2.24) is 9.80 Å². The van der Waals surface area contributed by atoms with E-state index in [9.17, 15) is 35.9 Å². The summed E-state index contributed by atoms with van der Waals surface area (Å²) in [4.78, 5) is 31.6. The number of rotatable bonds is 15. The molecule has 1 aromatic heterocycles. The second-order valence-corrected chi connectivity index (χ2v) is 11.8. The van der Waals surface area contributed by atoms with Crippen molar-refractivity contribution in [3.8, 4) is 11.5 Å². The Kier molecular flexibility index (Phi) is 13.3. The molecule has 0 bridgehead atoms. The monoisotopic (exact) mass is 689 g/mol. The first-order chi connectivity index (χ1) is 22.1. The molecule has 3 aromatic rings. The molecule has 1 heterocycles. The van der Waals surface area contributed by atoms with Crippen molar-refractivity contribution >= 4 is 29.0 Å². The average molecular weight is 690 g/mol. The van der Waals surface area contributed by atoms with Gasteiger partial charge in [-0.3, -0.25) is 4.79 Å². The maximum Gasteiger partial charge on any atom is 0.416 e. The van der Waals surface area contributed by atoms with E-state index in [1.54, 1.807) is 24.0 Å². The van der Waals surface area contributed by atoms with Crippen molar-refractivity contribution in [2.24, 2.45) is 0 Å². The number of urea groups is 1. The zero-order valence-corrected chi connectivity index (χ0v) is 27.2. The van der Waals surface area contributed by atoms with Crippen molar-refractivity contribution in [1.29, 1.82) is 0 Å². The maximum absolute atomic E-state index is 13.8. The summed E-state index contributed by atoms with van der Waals surface area (Å²) in [5.74, 6) is 0.579. The molecule has 0 aliphatic carbocycles. The van der Waals surface area contributed by atoms with Crippen molar-refractivity contribution in [2.45, 2.75) is 45.6 Å². The van der Waals surface area contributed by atoms with Gasteiger partial charge in [-0.15, -0.1) is 11.3 Å². The van der Waals surface area contributed by atoms with Crippen LogP contribution < -0.4 is 14.8 Å². The van der Waals surface area contributed by atoms with Crippen LogP contribution in [0.3, 0.4) is 0 Å². The highest BCUT2D eigenvalue weighted by Gasteiger charge is 2.37. The summed E-state index contributed by atoms with van der Waals surface area (Å²) in [6, 6.07) is 8.93. The van der Waals surface area contributed by atoms with E-state index >= 15 is 0 Å². The highest BCUT2D eigenvalue weighted by Crippen LogP contribution is 2.37. The molecule has 0 saturated carbocycles. The van der Waals surface area contributed by atoms with Gasteiger partial charge in [-0.2, -0.15) is 26.3 Å². The molecule has 0 aliphatic heterocycles. The summed E-state index contributed by atoms with van der Waals surface area (Å²) >= 11 is 1.50. The van der Waals surface area contributed by atoms with Crippen LogP contribution in [0.1, 0.15) is 39.8 Å². The number of anilines is 1. The fourth-order valence-electron chi connectivity index (χ4n) is 4.60. The number of alkyl halides is 6.